The molecule has 19 heavy (non-hydrogen) atoms. The van der Waals surface area contributed by atoms with E-state index in [2.05, 4.69) is 39.1 Å². The number of ether oxygens (including phenoxy) is 1. The first-order valence-electron chi connectivity index (χ1n) is 6.59. The van der Waals surface area contributed by atoms with Gasteiger partial charge < -0.3 is 10.1 Å². The summed E-state index contributed by atoms with van der Waals surface area (Å²) in [4.78, 5) is 0. The van der Waals surface area contributed by atoms with Crippen molar-refractivity contribution in [2.24, 2.45) is 0 Å². The highest BCUT2D eigenvalue weighted by molar-refractivity contribution is 6.30. The summed E-state index contributed by atoms with van der Waals surface area (Å²) in [5.41, 5.74) is 2.41. The zero-order valence-corrected chi connectivity index (χ0v) is 13.3. The van der Waals surface area contributed by atoms with E-state index in [4.69, 9.17) is 16.3 Å². The number of rotatable bonds is 5. The van der Waals surface area contributed by atoms with Crippen LogP contribution < -0.4 is 10.1 Å². The van der Waals surface area contributed by atoms with Crippen LogP contribution >= 0.6 is 11.6 Å². The molecule has 2 nitrogen and oxygen atoms in total. The lowest BCUT2D eigenvalue weighted by atomic mass is 10.0. The molecule has 3 heteroatoms. The average molecular weight is 282 g/mol. The Labute approximate surface area is 121 Å². The van der Waals surface area contributed by atoms with Crippen LogP contribution in [0.25, 0.3) is 5.57 Å². The Morgan fingerprint density at radius 3 is 2.63 bits per heavy atom. The number of benzene rings is 1. The van der Waals surface area contributed by atoms with E-state index in [1.165, 1.54) is 5.57 Å². The first kappa shape index (κ1) is 16.1. The standard InChI is InChI=1S/C16H24ClNO/c1-12(7-6-10-18-16(2,3)4)14-11-13(17)8-9-15(14)19-5/h7-9,11,18H,6,10H2,1-5H3. The van der Waals surface area contributed by atoms with Gasteiger partial charge >= 0.3 is 0 Å². The molecule has 1 aromatic rings. The van der Waals surface area contributed by atoms with Crippen LogP contribution in [0.5, 0.6) is 5.75 Å². The van der Waals surface area contributed by atoms with Crippen molar-refractivity contribution in [2.45, 2.75) is 39.7 Å². The first-order chi connectivity index (χ1) is 8.83. The van der Waals surface area contributed by atoms with E-state index in [1.807, 2.05) is 18.2 Å². The lowest BCUT2D eigenvalue weighted by Crippen LogP contribution is -2.36. The van der Waals surface area contributed by atoms with Gasteiger partial charge in [0.05, 0.1) is 7.11 Å². The average Bonchev–Trinajstić information content (AvgIpc) is 2.33. The van der Waals surface area contributed by atoms with Crippen molar-refractivity contribution in [3.63, 3.8) is 0 Å². The van der Waals surface area contributed by atoms with Crippen molar-refractivity contribution in [3.05, 3.63) is 34.9 Å². The summed E-state index contributed by atoms with van der Waals surface area (Å²) < 4.78 is 5.37. The summed E-state index contributed by atoms with van der Waals surface area (Å²) in [6, 6.07) is 5.70. The van der Waals surface area contributed by atoms with Gasteiger partial charge in [0.15, 0.2) is 0 Å². The van der Waals surface area contributed by atoms with Gasteiger partial charge in [0.1, 0.15) is 5.75 Å². The second-order valence-corrected chi connectivity index (χ2v) is 6.13. The molecule has 0 radical (unpaired) electrons. The van der Waals surface area contributed by atoms with Crippen LogP contribution in [0.15, 0.2) is 24.3 Å². The fourth-order valence-electron chi connectivity index (χ4n) is 1.83. The molecule has 0 saturated carbocycles. The van der Waals surface area contributed by atoms with Crippen molar-refractivity contribution < 1.29 is 4.74 Å². The van der Waals surface area contributed by atoms with E-state index in [9.17, 15) is 0 Å². The molecule has 1 rings (SSSR count). The molecule has 0 aliphatic carbocycles. The number of allylic oxidation sites excluding steroid dienone is 1. The van der Waals surface area contributed by atoms with Gasteiger partial charge in [-0.3, -0.25) is 0 Å². The van der Waals surface area contributed by atoms with E-state index in [0.29, 0.717) is 0 Å². The van der Waals surface area contributed by atoms with E-state index in [1.54, 1.807) is 7.11 Å². The van der Waals surface area contributed by atoms with Crippen LogP contribution in [0.4, 0.5) is 0 Å². The third kappa shape index (κ3) is 5.66. The molecular formula is C16H24ClNO. The van der Waals surface area contributed by atoms with E-state index in [-0.39, 0.29) is 5.54 Å². The quantitative estimate of drug-likeness (QED) is 0.801. The fraction of sp³-hybridized carbons (Fsp3) is 0.500. The number of hydrogen-bond acceptors (Lipinski definition) is 2. The number of nitrogens with one attached hydrogen (secondary N) is 1. The van der Waals surface area contributed by atoms with Gasteiger partial charge in [-0.05, 0) is 64.4 Å². The molecule has 0 atom stereocenters. The van der Waals surface area contributed by atoms with Gasteiger partial charge in [-0.25, -0.2) is 0 Å². The molecule has 0 aliphatic rings. The van der Waals surface area contributed by atoms with Gasteiger partial charge in [-0.2, -0.15) is 0 Å². The lowest BCUT2D eigenvalue weighted by molar-refractivity contribution is 0.413. The van der Waals surface area contributed by atoms with Gasteiger partial charge in [0.2, 0.25) is 0 Å². The maximum absolute atomic E-state index is 6.04. The fourth-order valence-corrected chi connectivity index (χ4v) is 2.01. The van der Waals surface area contributed by atoms with Crippen LogP contribution in [0.2, 0.25) is 5.02 Å². The molecule has 0 bridgehead atoms. The highest BCUT2D eigenvalue weighted by atomic mass is 35.5. The van der Waals surface area contributed by atoms with Crippen molar-refractivity contribution in [1.82, 2.24) is 5.32 Å². The first-order valence-corrected chi connectivity index (χ1v) is 6.97. The SMILES string of the molecule is COc1ccc(Cl)cc1C(C)=CCCNC(C)(C)C. The summed E-state index contributed by atoms with van der Waals surface area (Å²) in [5, 5.41) is 4.20. The van der Waals surface area contributed by atoms with Gasteiger partial charge in [-0.1, -0.05) is 17.7 Å². The Morgan fingerprint density at radius 1 is 1.37 bits per heavy atom. The maximum Gasteiger partial charge on any atom is 0.126 e. The molecule has 1 N–H and O–H groups in total. The Hall–Kier alpha value is -0.990. The Kier molecular flexibility index (Phi) is 5.89. The monoisotopic (exact) mass is 281 g/mol. The molecule has 0 spiro atoms. The van der Waals surface area contributed by atoms with E-state index < -0.39 is 0 Å². The minimum Gasteiger partial charge on any atom is -0.496 e. The van der Waals surface area contributed by atoms with Crippen molar-refractivity contribution >= 4 is 17.2 Å². The highest BCUT2D eigenvalue weighted by Gasteiger charge is 2.08. The van der Waals surface area contributed by atoms with Gasteiger partial charge in [0, 0.05) is 16.1 Å². The molecule has 0 saturated heterocycles. The summed E-state index contributed by atoms with van der Waals surface area (Å²) >= 11 is 6.04. The third-order valence-corrected chi connectivity index (χ3v) is 3.07. The number of halogens is 1. The molecule has 0 aliphatic heterocycles. The smallest absolute Gasteiger partial charge is 0.126 e. The molecule has 0 aromatic heterocycles. The highest BCUT2D eigenvalue weighted by Crippen LogP contribution is 2.28. The lowest BCUT2D eigenvalue weighted by Gasteiger charge is -2.20. The third-order valence-electron chi connectivity index (χ3n) is 2.84. The number of methoxy groups -OCH3 is 1. The van der Waals surface area contributed by atoms with Gasteiger partial charge in [0.25, 0.3) is 0 Å². The zero-order valence-electron chi connectivity index (χ0n) is 12.5. The van der Waals surface area contributed by atoms with Crippen LogP contribution in [-0.2, 0) is 0 Å². The van der Waals surface area contributed by atoms with Crippen LogP contribution in [0, 0.1) is 0 Å². The molecule has 0 heterocycles. The molecule has 106 valence electrons. The molecule has 0 fully saturated rings. The van der Waals surface area contributed by atoms with Crippen molar-refractivity contribution in [2.75, 3.05) is 13.7 Å². The topological polar surface area (TPSA) is 21.3 Å². The maximum atomic E-state index is 6.04. The van der Waals surface area contributed by atoms with E-state index >= 15 is 0 Å². The van der Waals surface area contributed by atoms with Crippen LogP contribution in [0.1, 0.15) is 39.7 Å². The van der Waals surface area contributed by atoms with Crippen LogP contribution in [-0.4, -0.2) is 19.2 Å². The molecular weight excluding hydrogens is 258 g/mol. The summed E-state index contributed by atoms with van der Waals surface area (Å²) in [6.07, 6.45) is 3.20. The molecule has 1 aromatic carbocycles. The Bertz CT molecular complexity index is 447. The molecule has 0 amide bonds. The Balaban J connectivity index is 2.71. The van der Waals surface area contributed by atoms with Crippen molar-refractivity contribution in [1.29, 1.82) is 0 Å². The molecule has 0 unspecified atom stereocenters. The largest absolute Gasteiger partial charge is 0.496 e. The second kappa shape index (κ2) is 6.97. The van der Waals surface area contributed by atoms with Gasteiger partial charge in [-0.15, -0.1) is 0 Å². The zero-order chi connectivity index (χ0) is 14.5. The second-order valence-electron chi connectivity index (χ2n) is 5.70. The predicted molar refractivity (Wildman–Crippen MR) is 84.0 cm³/mol. The summed E-state index contributed by atoms with van der Waals surface area (Å²) in [6.45, 7) is 9.56. The summed E-state index contributed by atoms with van der Waals surface area (Å²) in [7, 11) is 1.68. The normalized spacial score (nSPS) is 12.6. The van der Waals surface area contributed by atoms with Crippen molar-refractivity contribution in [3.8, 4) is 5.75 Å². The van der Waals surface area contributed by atoms with E-state index in [0.717, 1.165) is 29.3 Å². The minimum atomic E-state index is 0.162. The summed E-state index contributed by atoms with van der Waals surface area (Å²) in [5.74, 6) is 0.863. The minimum absolute atomic E-state index is 0.162. The number of hydrogen-bond donors (Lipinski definition) is 1. The Morgan fingerprint density at radius 2 is 2.05 bits per heavy atom. The predicted octanol–water partition coefficient (Wildman–Crippen LogP) is 4.53. The van der Waals surface area contributed by atoms with Crippen LogP contribution in [0.3, 0.4) is 0 Å².